The van der Waals surface area contributed by atoms with E-state index in [1.54, 1.807) is 0 Å². The molecule has 0 radical (unpaired) electrons. The quantitative estimate of drug-likeness (QED) is 0.827. The van der Waals surface area contributed by atoms with Crippen LogP contribution in [0.4, 0.5) is 0 Å². The van der Waals surface area contributed by atoms with Crippen LogP contribution in [0.15, 0.2) is 12.3 Å². The van der Waals surface area contributed by atoms with E-state index < -0.39 is 5.60 Å². The van der Waals surface area contributed by atoms with Crippen LogP contribution in [0, 0.1) is 5.92 Å². The standard InChI is InChI=1S/C13H23N3O/c1-11(2)9-16-7-4-12(15-16)8-13(17)5-3-6-14-10-13/h4,7,11,14,17H,3,5-6,8-10H2,1-2H3. The van der Waals surface area contributed by atoms with Crippen molar-refractivity contribution in [3.8, 4) is 0 Å². The molecule has 17 heavy (non-hydrogen) atoms. The summed E-state index contributed by atoms with van der Waals surface area (Å²) in [5, 5.41) is 18.2. The van der Waals surface area contributed by atoms with Crippen LogP contribution in [0.5, 0.6) is 0 Å². The molecule has 1 saturated heterocycles. The largest absolute Gasteiger partial charge is 0.388 e. The van der Waals surface area contributed by atoms with Gasteiger partial charge in [0.1, 0.15) is 0 Å². The highest BCUT2D eigenvalue weighted by Gasteiger charge is 2.30. The maximum Gasteiger partial charge on any atom is 0.0827 e. The number of aliphatic hydroxyl groups is 1. The number of β-amino-alcohol motifs (C(OH)–C–C–N with tert-alkyl or cyclic N) is 1. The van der Waals surface area contributed by atoms with Crippen molar-refractivity contribution in [2.45, 2.75) is 45.3 Å². The van der Waals surface area contributed by atoms with E-state index in [9.17, 15) is 5.11 Å². The lowest BCUT2D eigenvalue weighted by Gasteiger charge is -2.32. The van der Waals surface area contributed by atoms with E-state index in [1.807, 2.05) is 16.9 Å². The van der Waals surface area contributed by atoms with Gasteiger partial charge in [0.2, 0.25) is 0 Å². The maximum absolute atomic E-state index is 10.4. The Morgan fingerprint density at radius 3 is 3.06 bits per heavy atom. The summed E-state index contributed by atoms with van der Waals surface area (Å²) in [5.41, 5.74) is 0.395. The van der Waals surface area contributed by atoms with E-state index in [0.717, 1.165) is 31.6 Å². The molecule has 1 aromatic heterocycles. The van der Waals surface area contributed by atoms with Gasteiger partial charge in [0.05, 0.1) is 11.3 Å². The van der Waals surface area contributed by atoms with Crippen molar-refractivity contribution in [1.82, 2.24) is 15.1 Å². The Balaban J connectivity index is 1.96. The SMILES string of the molecule is CC(C)Cn1ccc(CC2(O)CCCNC2)n1. The molecule has 2 heterocycles. The number of hydrogen-bond acceptors (Lipinski definition) is 3. The first-order chi connectivity index (χ1) is 8.07. The molecule has 0 amide bonds. The molecule has 2 rings (SSSR count). The first-order valence-corrected chi connectivity index (χ1v) is 6.53. The number of aromatic nitrogens is 2. The summed E-state index contributed by atoms with van der Waals surface area (Å²) in [6, 6.07) is 2.02. The molecule has 1 atom stereocenters. The van der Waals surface area contributed by atoms with E-state index in [2.05, 4.69) is 24.3 Å². The Hall–Kier alpha value is -0.870. The fourth-order valence-corrected chi connectivity index (χ4v) is 2.41. The van der Waals surface area contributed by atoms with Crippen LogP contribution in [0.1, 0.15) is 32.4 Å². The molecular weight excluding hydrogens is 214 g/mol. The van der Waals surface area contributed by atoms with Crippen LogP contribution in [0.2, 0.25) is 0 Å². The van der Waals surface area contributed by atoms with Gasteiger partial charge in [-0.05, 0) is 31.4 Å². The van der Waals surface area contributed by atoms with Gasteiger partial charge in [-0.1, -0.05) is 13.8 Å². The highest BCUT2D eigenvalue weighted by atomic mass is 16.3. The number of nitrogens with zero attached hydrogens (tertiary/aromatic N) is 2. The topological polar surface area (TPSA) is 50.1 Å². The average molecular weight is 237 g/mol. The second-order valence-electron chi connectivity index (χ2n) is 5.60. The van der Waals surface area contributed by atoms with E-state index in [-0.39, 0.29) is 0 Å². The molecule has 1 fully saturated rings. The molecule has 96 valence electrons. The van der Waals surface area contributed by atoms with Crippen molar-refractivity contribution in [3.05, 3.63) is 18.0 Å². The lowest BCUT2D eigenvalue weighted by atomic mass is 9.89. The smallest absolute Gasteiger partial charge is 0.0827 e. The monoisotopic (exact) mass is 237 g/mol. The van der Waals surface area contributed by atoms with Gasteiger partial charge in [0, 0.05) is 25.7 Å². The zero-order valence-corrected chi connectivity index (χ0v) is 10.8. The van der Waals surface area contributed by atoms with E-state index in [4.69, 9.17) is 0 Å². The van der Waals surface area contributed by atoms with Crippen molar-refractivity contribution < 1.29 is 5.11 Å². The Morgan fingerprint density at radius 1 is 1.59 bits per heavy atom. The molecule has 0 aromatic carbocycles. The zero-order chi connectivity index (χ0) is 12.3. The normalized spacial score (nSPS) is 25.4. The van der Waals surface area contributed by atoms with Crippen LogP contribution in [0.25, 0.3) is 0 Å². The summed E-state index contributed by atoms with van der Waals surface area (Å²) < 4.78 is 1.97. The fraction of sp³-hybridized carbons (Fsp3) is 0.769. The summed E-state index contributed by atoms with van der Waals surface area (Å²) in [5.74, 6) is 0.599. The number of rotatable bonds is 4. The minimum atomic E-state index is -0.602. The summed E-state index contributed by atoms with van der Waals surface area (Å²) in [4.78, 5) is 0. The van der Waals surface area contributed by atoms with Gasteiger partial charge in [-0.3, -0.25) is 4.68 Å². The molecule has 1 aliphatic heterocycles. The summed E-state index contributed by atoms with van der Waals surface area (Å²) in [7, 11) is 0. The van der Waals surface area contributed by atoms with Crippen LogP contribution in [-0.2, 0) is 13.0 Å². The van der Waals surface area contributed by atoms with Crippen molar-refractivity contribution >= 4 is 0 Å². The van der Waals surface area contributed by atoms with E-state index in [1.165, 1.54) is 0 Å². The lowest BCUT2D eigenvalue weighted by Crippen LogP contribution is -2.47. The average Bonchev–Trinajstić information content (AvgIpc) is 2.64. The van der Waals surface area contributed by atoms with Gasteiger partial charge >= 0.3 is 0 Å². The van der Waals surface area contributed by atoms with E-state index >= 15 is 0 Å². The van der Waals surface area contributed by atoms with Crippen molar-refractivity contribution in [2.24, 2.45) is 5.92 Å². The number of piperidine rings is 1. The summed E-state index contributed by atoms with van der Waals surface area (Å²) in [6.45, 7) is 7.00. The highest BCUT2D eigenvalue weighted by Crippen LogP contribution is 2.20. The molecular formula is C13H23N3O. The predicted molar refractivity (Wildman–Crippen MR) is 67.8 cm³/mol. The third kappa shape index (κ3) is 3.54. The second kappa shape index (κ2) is 5.19. The zero-order valence-electron chi connectivity index (χ0n) is 10.8. The fourth-order valence-electron chi connectivity index (χ4n) is 2.41. The van der Waals surface area contributed by atoms with Crippen LogP contribution in [0.3, 0.4) is 0 Å². The number of hydrogen-bond donors (Lipinski definition) is 2. The Labute approximate surface area is 103 Å². The van der Waals surface area contributed by atoms with Crippen molar-refractivity contribution in [3.63, 3.8) is 0 Å². The molecule has 4 heteroatoms. The lowest BCUT2D eigenvalue weighted by molar-refractivity contribution is 0.0160. The van der Waals surface area contributed by atoms with Crippen molar-refractivity contribution in [2.75, 3.05) is 13.1 Å². The van der Waals surface area contributed by atoms with Gasteiger partial charge in [0.25, 0.3) is 0 Å². The van der Waals surface area contributed by atoms with Gasteiger partial charge in [-0.2, -0.15) is 5.10 Å². The maximum atomic E-state index is 10.4. The third-order valence-electron chi connectivity index (χ3n) is 3.21. The Morgan fingerprint density at radius 2 is 2.41 bits per heavy atom. The van der Waals surface area contributed by atoms with E-state index in [0.29, 0.717) is 18.9 Å². The first-order valence-electron chi connectivity index (χ1n) is 6.53. The molecule has 4 nitrogen and oxygen atoms in total. The first kappa shape index (κ1) is 12.6. The third-order valence-corrected chi connectivity index (χ3v) is 3.21. The van der Waals surface area contributed by atoms with Crippen LogP contribution in [-0.4, -0.2) is 33.6 Å². The van der Waals surface area contributed by atoms with Crippen molar-refractivity contribution in [1.29, 1.82) is 0 Å². The molecule has 0 spiro atoms. The van der Waals surface area contributed by atoms with Crippen LogP contribution < -0.4 is 5.32 Å². The van der Waals surface area contributed by atoms with Gasteiger partial charge < -0.3 is 10.4 Å². The molecule has 1 aliphatic rings. The molecule has 1 unspecified atom stereocenters. The van der Waals surface area contributed by atoms with Crippen LogP contribution >= 0.6 is 0 Å². The summed E-state index contributed by atoms with van der Waals surface area (Å²) >= 11 is 0. The summed E-state index contributed by atoms with van der Waals surface area (Å²) in [6.07, 6.45) is 4.58. The van der Waals surface area contributed by atoms with Gasteiger partial charge in [0.15, 0.2) is 0 Å². The number of nitrogens with one attached hydrogen (secondary N) is 1. The molecule has 0 aliphatic carbocycles. The molecule has 0 bridgehead atoms. The predicted octanol–water partition coefficient (Wildman–Crippen LogP) is 1.20. The molecule has 0 saturated carbocycles. The second-order valence-corrected chi connectivity index (χ2v) is 5.60. The van der Waals surface area contributed by atoms with Gasteiger partial charge in [-0.25, -0.2) is 0 Å². The minimum Gasteiger partial charge on any atom is -0.388 e. The Bertz CT molecular complexity index is 353. The van der Waals surface area contributed by atoms with Gasteiger partial charge in [-0.15, -0.1) is 0 Å². The molecule has 1 aromatic rings. The molecule has 2 N–H and O–H groups in total. The Kier molecular flexibility index (Phi) is 3.84. The highest BCUT2D eigenvalue weighted by molar-refractivity contribution is 5.05. The minimum absolute atomic E-state index is 0.599.